The average Bonchev–Trinajstić information content (AvgIpc) is 1.64. The van der Waals surface area contributed by atoms with E-state index in [0.29, 0.717) is 83.1 Å². The van der Waals surface area contributed by atoms with E-state index in [4.69, 9.17) is 33.7 Å². The van der Waals surface area contributed by atoms with E-state index in [1.165, 1.54) is 17.4 Å². The summed E-state index contributed by atoms with van der Waals surface area (Å²) in [6.07, 6.45) is 11.2. The first-order chi connectivity index (χ1) is 54.7. The molecule has 2 N–H and O–H groups in total. The number of rotatable bonds is 8. The molecule has 27 nitrogen and oxygen atoms in total. The summed E-state index contributed by atoms with van der Waals surface area (Å²) in [6.45, 7) is 15.2. The van der Waals surface area contributed by atoms with Crippen molar-refractivity contribution >= 4 is 123 Å². The second-order valence-corrected chi connectivity index (χ2v) is 29.4. The quantitative estimate of drug-likeness (QED) is 0.143. The monoisotopic (exact) mass is 1540 g/mol. The van der Waals surface area contributed by atoms with Gasteiger partial charge < -0.3 is 70.9 Å². The molecule has 4 aliphatic heterocycles. The van der Waals surface area contributed by atoms with Crippen LogP contribution in [0.5, 0.6) is 0 Å². The van der Waals surface area contributed by atoms with Gasteiger partial charge >= 0.3 is 22.5 Å². The van der Waals surface area contributed by atoms with Gasteiger partial charge in [0.2, 0.25) is 28.7 Å². The fourth-order valence-electron chi connectivity index (χ4n) is 14.2. The summed E-state index contributed by atoms with van der Waals surface area (Å²) in [5.74, 6) is 3.13. The summed E-state index contributed by atoms with van der Waals surface area (Å²) in [5.41, 5.74) is 4.78. The van der Waals surface area contributed by atoms with Gasteiger partial charge in [-0.15, -0.1) is 11.3 Å². The lowest BCUT2D eigenvalue weighted by Gasteiger charge is -2.21. The van der Waals surface area contributed by atoms with Crippen LogP contribution in [0.2, 0.25) is 5.02 Å². The minimum Gasteiger partial charge on any atom is -0.436 e. The number of benzene rings is 2. The summed E-state index contributed by atoms with van der Waals surface area (Å²) in [7, 11) is 4.24. The lowest BCUT2D eigenvalue weighted by atomic mass is 10.2. The minimum atomic E-state index is -0.540. The van der Waals surface area contributed by atoms with Gasteiger partial charge in [-0.1, -0.05) is 35.9 Å². The molecule has 0 radical (unpaired) electrons. The second-order valence-electron chi connectivity index (χ2n) is 27.9. The number of imidazole rings is 2. The van der Waals surface area contributed by atoms with Gasteiger partial charge in [-0.2, -0.15) is 19.9 Å². The predicted octanol–water partition coefficient (Wildman–Crippen LogP) is 12.1. The van der Waals surface area contributed by atoms with Crippen LogP contribution in [0.3, 0.4) is 0 Å². The molecular formula is C82H76ClFN18O9S. The van der Waals surface area contributed by atoms with Crippen molar-refractivity contribution in [3.05, 3.63) is 223 Å². The first-order valence-corrected chi connectivity index (χ1v) is 38.5. The molecule has 4 saturated heterocycles. The van der Waals surface area contributed by atoms with Crippen LogP contribution >= 0.6 is 22.9 Å². The van der Waals surface area contributed by atoms with Crippen molar-refractivity contribution in [3.63, 3.8) is 0 Å². The number of nitrogens with zero attached hydrogens (tertiary/aromatic N) is 16. The Morgan fingerprint density at radius 1 is 0.402 bits per heavy atom. The van der Waals surface area contributed by atoms with Crippen molar-refractivity contribution < 1.29 is 26.5 Å². The molecule has 0 bridgehead atoms. The van der Waals surface area contributed by atoms with Crippen LogP contribution in [0, 0.1) is 5.82 Å². The van der Waals surface area contributed by atoms with E-state index in [-0.39, 0.29) is 17.1 Å². The Hall–Kier alpha value is -12.1. The Balaban J connectivity index is 0.000000108. The number of nitrogens with one attached hydrogen (secondary N) is 2. The highest BCUT2D eigenvalue weighted by Crippen LogP contribution is 2.33. The number of para-hydroxylation sites is 3. The molecule has 0 aliphatic carbocycles. The topological polar surface area (TPSA) is 289 Å². The number of likely N-dealkylation sites (N-methyl/N-ethyl adjacent to an activating group) is 2. The predicted molar refractivity (Wildman–Crippen MR) is 434 cm³/mol. The van der Waals surface area contributed by atoms with Gasteiger partial charge in [0.25, 0.3) is 0 Å². The van der Waals surface area contributed by atoms with Crippen molar-refractivity contribution in [2.24, 2.45) is 0 Å². The normalized spacial score (nSPS) is 15.6. The van der Waals surface area contributed by atoms with E-state index >= 15 is 0 Å². The number of pyridine rings is 6. The van der Waals surface area contributed by atoms with Crippen molar-refractivity contribution in [3.8, 4) is 44.5 Å². The summed E-state index contributed by atoms with van der Waals surface area (Å²) >= 11 is 7.70. The van der Waals surface area contributed by atoms with E-state index in [2.05, 4.69) is 94.0 Å². The molecule has 16 aromatic rings. The standard InChI is InChI=1S/C21H20ClN5O2.C21H20FN5O2.C20H18N4O3.C20H18N4O2S/c2*1-25-7-3-9-26(11-10-25)18-6-5-14-12-15(21(28)29-20(14)24-18)17-13-27-8-2-4-16(22)19(27)23-17;25-20-14(19-22-15-4-1-2-5-16(15)26-19)12-13-6-7-17(23-18(13)27-20)24-10-3-8-21-9-11-24;25-20-14(19-22-15-4-1-2-5-16(15)27-19)12-13-6-7-17(23-18(13)26-20)24-10-3-8-21-9-11-24/h2*2,4-6,8,12-13H,3,7,9-11H2,1H3;2*1-2,4-7,12,21H,3,8-11H2. The first-order valence-electron chi connectivity index (χ1n) is 37.3. The van der Waals surface area contributed by atoms with Crippen LogP contribution in [0.15, 0.2) is 212 Å². The van der Waals surface area contributed by atoms with E-state index < -0.39 is 28.3 Å². The Morgan fingerprint density at radius 3 is 1.37 bits per heavy atom. The van der Waals surface area contributed by atoms with Crippen LogP contribution in [0.1, 0.15) is 25.7 Å². The van der Waals surface area contributed by atoms with Crippen LogP contribution in [0.25, 0.3) is 122 Å². The molecule has 2 aromatic carbocycles. The molecule has 30 heteroatoms. The van der Waals surface area contributed by atoms with Gasteiger partial charge in [0.15, 0.2) is 22.7 Å². The number of anilines is 4. The van der Waals surface area contributed by atoms with Gasteiger partial charge in [0, 0.05) is 125 Å². The van der Waals surface area contributed by atoms with Gasteiger partial charge in [-0.3, -0.25) is 0 Å². The molecule has 20 rings (SSSR count). The lowest BCUT2D eigenvalue weighted by Crippen LogP contribution is -2.29. The Bertz CT molecular complexity index is 5970. The molecule has 18 heterocycles. The lowest BCUT2D eigenvalue weighted by molar-refractivity contribution is 0.360. The molecule has 0 amide bonds. The Labute approximate surface area is 646 Å². The average molecular weight is 1540 g/mol. The third kappa shape index (κ3) is 15.7. The number of aromatic nitrogens is 10. The highest BCUT2D eigenvalue weighted by atomic mass is 35.5. The van der Waals surface area contributed by atoms with Gasteiger partial charge in [0.05, 0.1) is 43.3 Å². The van der Waals surface area contributed by atoms with E-state index in [9.17, 15) is 23.6 Å². The zero-order valence-electron chi connectivity index (χ0n) is 61.3. The maximum absolute atomic E-state index is 13.9. The maximum Gasteiger partial charge on any atom is 0.350 e. The molecule has 14 aromatic heterocycles. The summed E-state index contributed by atoms with van der Waals surface area (Å²) in [6, 6.07) is 44.4. The first kappa shape index (κ1) is 72.7. The largest absolute Gasteiger partial charge is 0.436 e. The zero-order valence-corrected chi connectivity index (χ0v) is 62.9. The van der Waals surface area contributed by atoms with Crippen molar-refractivity contribution in [2.75, 3.05) is 138 Å². The number of hydrogen-bond acceptors (Lipinski definition) is 26. The summed E-state index contributed by atoms with van der Waals surface area (Å²) < 4.78 is 46.2. The van der Waals surface area contributed by atoms with E-state index in [1.54, 1.807) is 57.7 Å². The number of oxazole rings is 1. The van der Waals surface area contributed by atoms with Crippen molar-refractivity contribution in [1.29, 1.82) is 0 Å². The molecular weight excluding hydrogens is 1470 g/mol. The Kier molecular flexibility index (Phi) is 20.8. The number of halogens is 2. The summed E-state index contributed by atoms with van der Waals surface area (Å²) in [4.78, 5) is 99.9. The van der Waals surface area contributed by atoms with Gasteiger partial charge in [-0.25, -0.2) is 43.5 Å². The maximum atomic E-state index is 13.9. The van der Waals surface area contributed by atoms with Gasteiger partial charge in [-0.05, 0) is 187 Å². The van der Waals surface area contributed by atoms with Crippen molar-refractivity contribution in [2.45, 2.75) is 25.7 Å². The second kappa shape index (κ2) is 32.1. The molecule has 0 unspecified atom stereocenters. The van der Waals surface area contributed by atoms with Crippen LogP contribution in [0.4, 0.5) is 27.7 Å². The molecule has 4 fully saturated rings. The molecule has 0 spiro atoms. The number of hydrogen-bond donors (Lipinski definition) is 2. The fourth-order valence-corrected chi connectivity index (χ4v) is 15.4. The number of thiazole rings is 1. The molecule has 0 saturated carbocycles. The highest BCUT2D eigenvalue weighted by molar-refractivity contribution is 7.21. The zero-order chi connectivity index (χ0) is 76.3. The number of fused-ring (bicyclic) bond motifs is 8. The van der Waals surface area contributed by atoms with Crippen LogP contribution < -0.4 is 52.7 Å². The molecule has 0 atom stereocenters. The SMILES string of the molecule is CN1CCCN(c2ccc3cc(-c4cn5cccc(Cl)c5n4)c(=O)oc3n2)CC1.CN1CCCN(c2ccc3cc(-c4cn5cccc(F)c5n4)c(=O)oc3n2)CC1.O=c1oc2nc(N3CCCNCC3)ccc2cc1-c1nc2ccccc2o1.O=c1oc2nc(N3CCCNCC3)ccc2cc1-c1nc2ccccc2s1. The highest BCUT2D eigenvalue weighted by Gasteiger charge is 2.24. The smallest absolute Gasteiger partial charge is 0.350 e. The fraction of sp³-hybridized carbons (Fsp3) is 0.268. The summed E-state index contributed by atoms with van der Waals surface area (Å²) in [5, 5.41) is 11.0. The van der Waals surface area contributed by atoms with E-state index in [0.717, 1.165) is 180 Å². The third-order valence-corrected chi connectivity index (χ3v) is 21.6. The van der Waals surface area contributed by atoms with Crippen LogP contribution in [-0.2, 0) is 0 Å². The molecule has 112 heavy (non-hydrogen) atoms. The Morgan fingerprint density at radius 2 is 0.848 bits per heavy atom. The van der Waals surface area contributed by atoms with E-state index in [1.807, 2.05) is 115 Å². The minimum absolute atomic E-state index is 0.168. The van der Waals surface area contributed by atoms with Crippen LogP contribution in [-0.4, -0.2) is 177 Å². The van der Waals surface area contributed by atoms with Gasteiger partial charge in [0.1, 0.15) is 39.4 Å². The molecule has 568 valence electrons. The van der Waals surface area contributed by atoms with Crippen molar-refractivity contribution in [1.82, 2.24) is 69.1 Å². The molecule has 4 aliphatic rings. The third-order valence-electron chi connectivity index (χ3n) is 20.2.